The van der Waals surface area contributed by atoms with Gasteiger partial charge in [-0.2, -0.15) is 0 Å². The minimum atomic E-state index is 0. The fourth-order valence-electron chi connectivity index (χ4n) is 2.81. The fraction of sp³-hybridized carbons (Fsp3) is 0.500. The first kappa shape index (κ1) is 13.2. The highest BCUT2D eigenvalue weighted by Gasteiger charge is 2.43. The third kappa shape index (κ3) is 2.45. The molecule has 1 aromatic carbocycles. The van der Waals surface area contributed by atoms with Crippen molar-refractivity contribution in [3.8, 4) is 0 Å². The molecular weight excluding hydrogens is 296 g/mol. The second kappa shape index (κ2) is 5.57. The minimum Gasteiger partial charge on any atom is -1.00 e. The lowest BCUT2D eigenvalue weighted by atomic mass is 10.1. The minimum absolute atomic E-state index is 0. The van der Waals surface area contributed by atoms with Crippen molar-refractivity contribution in [2.75, 3.05) is 11.5 Å². The van der Waals surface area contributed by atoms with Crippen molar-refractivity contribution in [1.82, 2.24) is 0 Å². The molecule has 0 radical (unpaired) electrons. The van der Waals surface area contributed by atoms with E-state index >= 15 is 0 Å². The molecule has 0 aromatic heterocycles. The molecule has 2 aliphatic rings. The number of carbonyl (C=O) groups excluding carboxylic acids is 1. The molecule has 92 valence electrons. The number of rotatable bonds is 1. The summed E-state index contributed by atoms with van der Waals surface area (Å²) in [6.45, 7) is 0. The predicted molar refractivity (Wildman–Crippen MR) is 69.2 cm³/mol. The number of hydrogen-bond donors (Lipinski definition) is 0. The molecule has 1 unspecified atom stereocenters. The van der Waals surface area contributed by atoms with Gasteiger partial charge in [-0.15, -0.1) is 0 Å². The van der Waals surface area contributed by atoms with Gasteiger partial charge in [0.15, 0.2) is 5.25 Å². The van der Waals surface area contributed by atoms with Gasteiger partial charge in [-0.05, 0) is 35.7 Å². The van der Waals surface area contributed by atoms with Gasteiger partial charge >= 0.3 is 0 Å². The second-order valence-electron chi connectivity index (χ2n) is 4.72. The molecular formula is C14H17BrOS. The molecule has 1 aromatic rings. The Bertz CT molecular complexity index is 412. The molecule has 1 saturated heterocycles. The van der Waals surface area contributed by atoms with Crippen LogP contribution in [-0.4, -0.2) is 22.5 Å². The van der Waals surface area contributed by atoms with Crippen molar-refractivity contribution in [1.29, 1.82) is 0 Å². The van der Waals surface area contributed by atoms with Crippen LogP contribution in [0.15, 0.2) is 24.3 Å². The van der Waals surface area contributed by atoms with Crippen LogP contribution < -0.4 is 17.0 Å². The standard InChI is InChI=1S/C14H17OS.BrH/c15-14-12-7-3-2-6-11(12)10-13(14)16-8-4-1-5-9-16;/h2-3,6-7,13H,1,4-5,8-10H2;1H/q+1;/p-1. The highest BCUT2D eigenvalue weighted by Crippen LogP contribution is 2.30. The van der Waals surface area contributed by atoms with Crippen LogP contribution in [0.1, 0.15) is 35.2 Å². The molecule has 0 N–H and O–H groups in total. The summed E-state index contributed by atoms with van der Waals surface area (Å²) in [6.07, 6.45) is 5.06. The monoisotopic (exact) mass is 312 g/mol. The van der Waals surface area contributed by atoms with E-state index in [-0.39, 0.29) is 17.0 Å². The van der Waals surface area contributed by atoms with Crippen LogP contribution in [0.25, 0.3) is 0 Å². The SMILES string of the molecule is O=C1c2ccccc2CC1[S+]1CCCCC1.[Br-]. The smallest absolute Gasteiger partial charge is 0.215 e. The van der Waals surface area contributed by atoms with E-state index in [1.807, 2.05) is 12.1 Å². The largest absolute Gasteiger partial charge is 1.00 e. The lowest BCUT2D eigenvalue weighted by Gasteiger charge is -2.17. The van der Waals surface area contributed by atoms with Crippen molar-refractivity contribution in [3.63, 3.8) is 0 Å². The molecule has 0 spiro atoms. The Balaban J connectivity index is 0.00000108. The van der Waals surface area contributed by atoms with E-state index in [1.165, 1.54) is 36.3 Å². The van der Waals surface area contributed by atoms with Gasteiger partial charge in [0.05, 0.1) is 0 Å². The molecule has 0 amide bonds. The number of fused-ring (bicyclic) bond motifs is 1. The fourth-order valence-corrected chi connectivity index (χ4v) is 5.58. The van der Waals surface area contributed by atoms with E-state index in [4.69, 9.17) is 0 Å². The van der Waals surface area contributed by atoms with Gasteiger partial charge < -0.3 is 17.0 Å². The number of ketones is 1. The first-order chi connectivity index (χ1) is 7.86. The summed E-state index contributed by atoms with van der Waals surface area (Å²) in [7, 11) is 0.374. The first-order valence-electron chi connectivity index (χ1n) is 6.15. The molecule has 1 aliphatic carbocycles. The Morgan fingerprint density at radius 1 is 1.06 bits per heavy atom. The highest BCUT2D eigenvalue weighted by atomic mass is 79.9. The topological polar surface area (TPSA) is 17.1 Å². The van der Waals surface area contributed by atoms with Crippen LogP contribution in [0.4, 0.5) is 0 Å². The zero-order chi connectivity index (χ0) is 11.0. The number of carbonyl (C=O) groups is 1. The molecule has 3 rings (SSSR count). The van der Waals surface area contributed by atoms with Crippen molar-refractivity contribution in [3.05, 3.63) is 35.4 Å². The first-order valence-corrected chi connectivity index (χ1v) is 7.77. The third-order valence-electron chi connectivity index (χ3n) is 3.70. The lowest BCUT2D eigenvalue weighted by molar-refractivity contribution is -0.0000109. The van der Waals surface area contributed by atoms with Crippen molar-refractivity contribution >= 4 is 16.7 Å². The predicted octanol–water partition coefficient (Wildman–Crippen LogP) is -0.400. The van der Waals surface area contributed by atoms with E-state index < -0.39 is 0 Å². The summed E-state index contributed by atoms with van der Waals surface area (Å²) in [5, 5.41) is 0.331. The van der Waals surface area contributed by atoms with Gasteiger partial charge in [-0.1, -0.05) is 24.3 Å². The summed E-state index contributed by atoms with van der Waals surface area (Å²) in [5.74, 6) is 3.02. The Morgan fingerprint density at radius 2 is 1.76 bits per heavy atom. The van der Waals surface area contributed by atoms with Gasteiger partial charge in [0.2, 0.25) is 5.78 Å². The van der Waals surface area contributed by atoms with Crippen LogP contribution in [-0.2, 0) is 17.3 Å². The van der Waals surface area contributed by atoms with Gasteiger partial charge in [0.1, 0.15) is 11.5 Å². The Morgan fingerprint density at radius 3 is 2.47 bits per heavy atom. The van der Waals surface area contributed by atoms with E-state index in [1.54, 1.807) is 0 Å². The average Bonchev–Trinajstić information content (AvgIpc) is 2.69. The van der Waals surface area contributed by atoms with E-state index in [0.717, 1.165) is 12.0 Å². The van der Waals surface area contributed by atoms with Crippen molar-refractivity contribution in [2.24, 2.45) is 0 Å². The van der Waals surface area contributed by atoms with Crippen molar-refractivity contribution < 1.29 is 21.8 Å². The normalized spacial score (nSPS) is 24.2. The second-order valence-corrected chi connectivity index (χ2v) is 7.18. The number of Topliss-reactive ketones (excluding diaryl/α,β-unsaturated/α-hetero) is 1. The Hall–Kier alpha value is -0.280. The van der Waals surface area contributed by atoms with Gasteiger partial charge in [-0.3, -0.25) is 4.79 Å². The number of benzene rings is 1. The van der Waals surface area contributed by atoms with Crippen LogP contribution in [0.3, 0.4) is 0 Å². The molecule has 0 bridgehead atoms. The number of halogens is 1. The van der Waals surface area contributed by atoms with Crippen LogP contribution in [0, 0.1) is 0 Å². The summed E-state index contributed by atoms with van der Waals surface area (Å²) in [6, 6.07) is 8.17. The molecule has 1 nitrogen and oxygen atoms in total. The van der Waals surface area contributed by atoms with E-state index in [9.17, 15) is 4.79 Å². The molecule has 1 aliphatic heterocycles. The van der Waals surface area contributed by atoms with Crippen LogP contribution >= 0.6 is 0 Å². The van der Waals surface area contributed by atoms with Crippen LogP contribution in [0.2, 0.25) is 0 Å². The maximum absolute atomic E-state index is 12.3. The van der Waals surface area contributed by atoms with Gasteiger partial charge in [-0.25, -0.2) is 0 Å². The zero-order valence-electron chi connectivity index (χ0n) is 9.82. The Kier molecular flexibility index (Phi) is 4.31. The van der Waals surface area contributed by atoms with E-state index in [0.29, 0.717) is 21.9 Å². The molecule has 17 heavy (non-hydrogen) atoms. The van der Waals surface area contributed by atoms with Gasteiger partial charge in [0.25, 0.3) is 0 Å². The molecule has 3 heteroatoms. The lowest BCUT2D eigenvalue weighted by Crippen LogP contribution is -3.00. The molecule has 0 saturated carbocycles. The highest BCUT2D eigenvalue weighted by molar-refractivity contribution is 7.98. The van der Waals surface area contributed by atoms with Gasteiger partial charge in [0, 0.05) is 12.0 Å². The summed E-state index contributed by atoms with van der Waals surface area (Å²) in [5.41, 5.74) is 2.29. The summed E-state index contributed by atoms with van der Waals surface area (Å²) >= 11 is 0. The molecule has 1 heterocycles. The van der Waals surface area contributed by atoms with E-state index in [2.05, 4.69) is 12.1 Å². The summed E-state index contributed by atoms with van der Waals surface area (Å²) in [4.78, 5) is 12.3. The molecule has 1 atom stereocenters. The third-order valence-corrected chi connectivity index (χ3v) is 6.51. The Labute approximate surface area is 116 Å². The van der Waals surface area contributed by atoms with Crippen LogP contribution in [0.5, 0.6) is 0 Å². The number of hydrogen-bond acceptors (Lipinski definition) is 1. The quantitative estimate of drug-likeness (QED) is 0.645. The maximum atomic E-state index is 12.3. The molecule has 1 fully saturated rings. The summed E-state index contributed by atoms with van der Waals surface area (Å²) < 4.78 is 0. The average molecular weight is 313 g/mol. The maximum Gasteiger partial charge on any atom is 0.215 e. The zero-order valence-corrected chi connectivity index (χ0v) is 12.2. The van der Waals surface area contributed by atoms with Crippen molar-refractivity contribution in [2.45, 2.75) is 30.9 Å².